The summed E-state index contributed by atoms with van der Waals surface area (Å²) in [6.07, 6.45) is 6.78. The molecule has 0 unspecified atom stereocenters. The molecule has 0 aromatic carbocycles. The molecule has 2 rings (SSSR count). The van der Waals surface area contributed by atoms with Crippen LogP contribution in [0.1, 0.15) is 25.0 Å². The lowest BCUT2D eigenvalue weighted by Gasteiger charge is -2.40. The summed E-state index contributed by atoms with van der Waals surface area (Å²) in [5.41, 5.74) is 0.0834. The minimum atomic E-state index is 0.0834. The first-order valence-electron chi connectivity index (χ1n) is 4.98. The molecule has 0 spiro atoms. The van der Waals surface area contributed by atoms with E-state index in [-0.39, 0.29) is 5.60 Å². The van der Waals surface area contributed by atoms with Crippen molar-refractivity contribution in [2.45, 2.75) is 31.4 Å². The first kappa shape index (κ1) is 9.68. The second kappa shape index (κ2) is 4.11. The highest BCUT2D eigenvalue weighted by molar-refractivity contribution is 4.93. The van der Waals surface area contributed by atoms with E-state index in [9.17, 15) is 0 Å². The van der Waals surface area contributed by atoms with Crippen LogP contribution >= 0.6 is 0 Å². The molecule has 0 aliphatic heterocycles. The van der Waals surface area contributed by atoms with E-state index in [4.69, 9.17) is 9.15 Å². The standard InChI is InChI=1S/C10H16N2O2/c1-13-10(3-2-4-10)7-11-5-9-6-12-8-14-9/h6,8,11H,2-5,7H2,1H3. The van der Waals surface area contributed by atoms with Crippen molar-refractivity contribution in [3.63, 3.8) is 0 Å². The molecule has 0 radical (unpaired) electrons. The van der Waals surface area contributed by atoms with Gasteiger partial charge in [-0.2, -0.15) is 0 Å². The lowest BCUT2D eigenvalue weighted by molar-refractivity contribution is -0.0697. The van der Waals surface area contributed by atoms with E-state index in [1.165, 1.54) is 12.8 Å². The predicted molar refractivity (Wildman–Crippen MR) is 51.8 cm³/mol. The second-order valence-corrected chi connectivity index (χ2v) is 3.81. The molecule has 4 nitrogen and oxygen atoms in total. The fourth-order valence-corrected chi connectivity index (χ4v) is 1.77. The summed E-state index contributed by atoms with van der Waals surface area (Å²) >= 11 is 0. The van der Waals surface area contributed by atoms with Gasteiger partial charge in [0.15, 0.2) is 6.39 Å². The number of hydrogen-bond acceptors (Lipinski definition) is 4. The molecule has 1 aromatic heterocycles. The molecule has 4 heteroatoms. The van der Waals surface area contributed by atoms with Crippen LogP contribution in [0, 0.1) is 0 Å². The molecule has 1 aromatic rings. The Morgan fingerprint density at radius 2 is 2.50 bits per heavy atom. The average molecular weight is 196 g/mol. The fourth-order valence-electron chi connectivity index (χ4n) is 1.77. The van der Waals surface area contributed by atoms with Gasteiger partial charge in [0, 0.05) is 13.7 Å². The monoisotopic (exact) mass is 196 g/mol. The SMILES string of the molecule is COC1(CNCc2cnco2)CCC1. The summed E-state index contributed by atoms with van der Waals surface area (Å²) in [6, 6.07) is 0. The number of nitrogens with one attached hydrogen (secondary N) is 1. The summed E-state index contributed by atoms with van der Waals surface area (Å²) in [6.45, 7) is 1.62. The zero-order valence-corrected chi connectivity index (χ0v) is 8.45. The third kappa shape index (κ3) is 1.96. The van der Waals surface area contributed by atoms with Gasteiger partial charge >= 0.3 is 0 Å². The lowest BCUT2D eigenvalue weighted by atomic mass is 9.80. The van der Waals surface area contributed by atoms with E-state index < -0.39 is 0 Å². The normalized spacial score (nSPS) is 19.2. The highest BCUT2D eigenvalue weighted by Gasteiger charge is 2.36. The summed E-state index contributed by atoms with van der Waals surface area (Å²) in [5.74, 6) is 0.871. The van der Waals surface area contributed by atoms with E-state index >= 15 is 0 Å². The Bertz CT molecular complexity index is 262. The summed E-state index contributed by atoms with van der Waals surface area (Å²) < 4.78 is 10.6. The smallest absolute Gasteiger partial charge is 0.180 e. The van der Waals surface area contributed by atoms with Gasteiger partial charge in [0.05, 0.1) is 18.3 Å². The number of hydrogen-bond donors (Lipinski definition) is 1. The number of ether oxygens (including phenoxy) is 1. The second-order valence-electron chi connectivity index (χ2n) is 3.81. The highest BCUT2D eigenvalue weighted by atomic mass is 16.5. The number of methoxy groups -OCH3 is 1. The number of nitrogens with zero attached hydrogens (tertiary/aromatic N) is 1. The molecule has 0 amide bonds. The minimum absolute atomic E-state index is 0.0834. The molecule has 78 valence electrons. The largest absolute Gasteiger partial charge is 0.447 e. The number of aromatic nitrogens is 1. The molecule has 1 saturated carbocycles. The first-order chi connectivity index (χ1) is 6.85. The maximum absolute atomic E-state index is 5.48. The molecule has 1 aliphatic rings. The van der Waals surface area contributed by atoms with Crippen LogP contribution in [0.3, 0.4) is 0 Å². The Kier molecular flexibility index (Phi) is 2.84. The minimum Gasteiger partial charge on any atom is -0.447 e. The molecule has 0 bridgehead atoms. The Labute approximate surface area is 83.7 Å². The van der Waals surface area contributed by atoms with Crippen molar-refractivity contribution in [2.24, 2.45) is 0 Å². The molecule has 0 saturated heterocycles. The van der Waals surface area contributed by atoms with Gasteiger partial charge in [-0.3, -0.25) is 0 Å². The molecular weight excluding hydrogens is 180 g/mol. The Morgan fingerprint density at radius 3 is 3.00 bits per heavy atom. The Morgan fingerprint density at radius 1 is 1.64 bits per heavy atom. The summed E-state index contributed by atoms with van der Waals surface area (Å²) in [4.78, 5) is 3.85. The number of rotatable bonds is 5. The van der Waals surface area contributed by atoms with E-state index in [0.29, 0.717) is 0 Å². The summed E-state index contributed by atoms with van der Waals surface area (Å²) in [7, 11) is 1.79. The van der Waals surface area contributed by atoms with Crippen molar-refractivity contribution in [3.05, 3.63) is 18.4 Å². The van der Waals surface area contributed by atoms with E-state index in [1.807, 2.05) is 0 Å². The van der Waals surface area contributed by atoms with Crippen molar-refractivity contribution >= 4 is 0 Å². The molecule has 0 atom stereocenters. The Hall–Kier alpha value is -0.870. The van der Waals surface area contributed by atoms with Crippen molar-refractivity contribution < 1.29 is 9.15 Å². The molecular formula is C10H16N2O2. The molecule has 1 N–H and O–H groups in total. The van der Waals surface area contributed by atoms with Gasteiger partial charge in [-0.15, -0.1) is 0 Å². The summed E-state index contributed by atoms with van der Waals surface area (Å²) in [5, 5.41) is 3.32. The maximum Gasteiger partial charge on any atom is 0.180 e. The van der Waals surface area contributed by atoms with Gasteiger partial charge in [-0.05, 0) is 19.3 Å². The zero-order chi connectivity index (χ0) is 9.86. The zero-order valence-electron chi connectivity index (χ0n) is 8.45. The Balaban J connectivity index is 1.72. The maximum atomic E-state index is 5.48. The van der Waals surface area contributed by atoms with E-state index in [1.54, 1.807) is 13.3 Å². The highest BCUT2D eigenvalue weighted by Crippen LogP contribution is 2.34. The van der Waals surface area contributed by atoms with Gasteiger partial charge < -0.3 is 14.5 Å². The van der Waals surface area contributed by atoms with Gasteiger partial charge in [0.1, 0.15) is 5.76 Å². The van der Waals surface area contributed by atoms with Crippen LogP contribution in [0.4, 0.5) is 0 Å². The van der Waals surface area contributed by atoms with Crippen molar-refractivity contribution in [2.75, 3.05) is 13.7 Å². The molecule has 14 heavy (non-hydrogen) atoms. The molecule has 1 aliphatic carbocycles. The van der Waals surface area contributed by atoms with Gasteiger partial charge in [0.2, 0.25) is 0 Å². The lowest BCUT2D eigenvalue weighted by Crippen LogP contribution is -2.47. The third-order valence-corrected chi connectivity index (χ3v) is 2.93. The first-order valence-corrected chi connectivity index (χ1v) is 4.98. The molecule has 1 heterocycles. The van der Waals surface area contributed by atoms with Crippen LogP contribution < -0.4 is 5.32 Å². The van der Waals surface area contributed by atoms with Crippen LogP contribution in [0.2, 0.25) is 0 Å². The quantitative estimate of drug-likeness (QED) is 0.771. The van der Waals surface area contributed by atoms with Gasteiger partial charge in [-0.25, -0.2) is 4.98 Å². The van der Waals surface area contributed by atoms with Crippen LogP contribution in [0.25, 0.3) is 0 Å². The van der Waals surface area contributed by atoms with E-state index in [0.717, 1.165) is 31.7 Å². The fraction of sp³-hybridized carbons (Fsp3) is 0.700. The van der Waals surface area contributed by atoms with Crippen molar-refractivity contribution in [1.29, 1.82) is 0 Å². The third-order valence-electron chi connectivity index (χ3n) is 2.93. The topological polar surface area (TPSA) is 47.3 Å². The predicted octanol–water partition coefficient (Wildman–Crippen LogP) is 1.33. The van der Waals surface area contributed by atoms with Gasteiger partial charge in [0.25, 0.3) is 0 Å². The van der Waals surface area contributed by atoms with Crippen LogP contribution in [0.15, 0.2) is 17.0 Å². The van der Waals surface area contributed by atoms with Gasteiger partial charge in [-0.1, -0.05) is 0 Å². The van der Waals surface area contributed by atoms with Crippen LogP contribution in [-0.2, 0) is 11.3 Å². The average Bonchev–Trinajstić information content (AvgIpc) is 2.62. The molecule has 1 fully saturated rings. The van der Waals surface area contributed by atoms with Crippen LogP contribution in [0.5, 0.6) is 0 Å². The van der Waals surface area contributed by atoms with Crippen molar-refractivity contribution in [1.82, 2.24) is 10.3 Å². The van der Waals surface area contributed by atoms with E-state index in [2.05, 4.69) is 10.3 Å². The van der Waals surface area contributed by atoms with Crippen LogP contribution in [-0.4, -0.2) is 24.2 Å². The van der Waals surface area contributed by atoms with Crippen molar-refractivity contribution in [3.8, 4) is 0 Å². The number of oxazole rings is 1.